The quantitative estimate of drug-likeness (QED) is 0.357. The third-order valence-electron chi connectivity index (χ3n) is 3.55. The molecule has 0 aliphatic heterocycles. The van der Waals surface area contributed by atoms with E-state index in [9.17, 15) is 29.8 Å². The maximum Gasteiger partial charge on any atom is 0.312 e. The second-order valence-corrected chi connectivity index (χ2v) is 5.94. The van der Waals surface area contributed by atoms with Crippen molar-refractivity contribution in [3.05, 3.63) is 56.6 Å². The molecule has 158 valence electrons. The molecule has 12 heteroatoms. The average Bonchev–Trinajstić information content (AvgIpc) is 2.65. The molecule has 0 aromatic heterocycles. The van der Waals surface area contributed by atoms with E-state index >= 15 is 0 Å². The highest BCUT2D eigenvalue weighted by Gasteiger charge is 2.18. The van der Waals surface area contributed by atoms with Gasteiger partial charge in [0.05, 0.1) is 9.85 Å². The number of anilines is 2. The topological polar surface area (TPSA) is 163 Å². The van der Waals surface area contributed by atoms with E-state index in [0.717, 1.165) is 12.1 Å². The zero-order valence-electron chi connectivity index (χ0n) is 16.0. The number of nitro groups is 2. The van der Waals surface area contributed by atoms with Crippen LogP contribution in [0.25, 0.3) is 0 Å². The molecule has 2 aromatic rings. The first-order valence-corrected chi connectivity index (χ1v) is 8.55. The van der Waals surface area contributed by atoms with Crippen LogP contribution >= 0.6 is 0 Å². The van der Waals surface area contributed by atoms with E-state index in [1.165, 1.54) is 38.1 Å². The van der Waals surface area contributed by atoms with Crippen LogP contribution in [0.15, 0.2) is 36.4 Å². The number of rotatable bonds is 9. The lowest BCUT2D eigenvalue weighted by molar-refractivity contribution is -0.386. The van der Waals surface area contributed by atoms with Gasteiger partial charge in [0.2, 0.25) is 11.8 Å². The molecule has 0 fully saturated rings. The number of nitrogens with one attached hydrogen (secondary N) is 2. The highest BCUT2D eigenvalue weighted by Crippen LogP contribution is 2.31. The highest BCUT2D eigenvalue weighted by atomic mass is 16.6. The zero-order valence-corrected chi connectivity index (χ0v) is 16.0. The van der Waals surface area contributed by atoms with Crippen molar-refractivity contribution in [2.24, 2.45) is 0 Å². The fourth-order valence-electron chi connectivity index (χ4n) is 2.43. The number of nitro benzene ring substituents is 2. The molecule has 0 saturated carbocycles. The second kappa shape index (κ2) is 9.82. The summed E-state index contributed by atoms with van der Waals surface area (Å²) in [7, 11) is 0. The minimum atomic E-state index is -0.660. The maximum absolute atomic E-state index is 11.2. The molecule has 0 aliphatic carbocycles. The van der Waals surface area contributed by atoms with Crippen molar-refractivity contribution in [1.29, 1.82) is 0 Å². The number of nitrogens with zero attached hydrogens (tertiary/aromatic N) is 2. The third kappa shape index (κ3) is 6.15. The van der Waals surface area contributed by atoms with E-state index in [2.05, 4.69) is 10.6 Å². The maximum atomic E-state index is 11.2. The largest absolute Gasteiger partial charge is 0.483 e. The minimum Gasteiger partial charge on any atom is -0.483 e. The molecule has 2 N–H and O–H groups in total. The van der Waals surface area contributed by atoms with Crippen LogP contribution in [0.1, 0.15) is 13.8 Å². The van der Waals surface area contributed by atoms with Gasteiger partial charge in [0.25, 0.3) is 0 Å². The van der Waals surface area contributed by atoms with Crippen LogP contribution in [0.4, 0.5) is 22.7 Å². The fourth-order valence-corrected chi connectivity index (χ4v) is 2.43. The van der Waals surface area contributed by atoms with E-state index in [0.29, 0.717) is 0 Å². The van der Waals surface area contributed by atoms with E-state index in [1.807, 2.05) is 0 Å². The number of hydrogen-bond acceptors (Lipinski definition) is 8. The zero-order chi connectivity index (χ0) is 22.3. The molecule has 0 spiro atoms. The Balaban J connectivity index is 2.04. The molecule has 30 heavy (non-hydrogen) atoms. The van der Waals surface area contributed by atoms with Crippen LogP contribution in [0.2, 0.25) is 0 Å². The van der Waals surface area contributed by atoms with Gasteiger partial charge in [0, 0.05) is 37.4 Å². The van der Waals surface area contributed by atoms with Gasteiger partial charge in [0.15, 0.2) is 11.5 Å². The summed E-state index contributed by atoms with van der Waals surface area (Å²) in [6.07, 6.45) is 0. The number of carbonyl (C=O) groups excluding carboxylic acids is 2. The lowest BCUT2D eigenvalue weighted by Gasteiger charge is -2.11. The summed E-state index contributed by atoms with van der Waals surface area (Å²) >= 11 is 0. The number of amides is 2. The number of benzene rings is 2. The monoisotopic (exact) mass is 418 g/mol. The van der Waals surface area contributed by atoms with Gasteiger partial charge in [-0.15, -0.1) is 0 Å². The van der Waals surface area contributed by atoms with E-state index < -0.39 is 9.85 Å². The Morgan fingerprint density at radius 3 is 1.47 bits per heavy atom. The van der Waals surface area contributed by atoms with Crippen molar-refractivity contribution in [3.63, 3.8) is 0 Å². The van der Waals surface area contributed by atoms with Crippen LogP contribution in [0.3, 0.4) is 0 Å². The van der Waals surface area contributed by atoms with Crippen LogP contribution in [-0.4, -0.2) is 34.9 Å². The summed E-state index contributed by atoms with van der Waals surface area (Å²) in [6.45, 7) is 2.28. The Hall–Kier alpha value is -4.22. The van der Waals surface area contributed by atoms with Crippen molar-refractivity contribution in [1.82, 2.24) is 0 Å². The number of ether oxygens (including phenoxy) is 2. The smallest absolute Gasteiger partial charge is 0.312 e. The first-order valence-electron chi connectivity index (χ1n) is 8.55. The first kappa shape index (κ1) is 22.1. The summed E-state index contributed by atoms with van der Waals surface area (Å²) < 4.78 is 10.7. The molecular formula is C18H18N4O8. The minimum absolute atomic E-state index is 0.0480. The van der Waals surface area contributed by atoms with Gasteiger partial charge in [-0.1, -0.05) is 0 Å². The Labute approximate surface area is 170 Å². The standard InChI is InChI=1S/C18H18N4O8/c1-11(23)19-13-3-5-17(15(9-13)21(25)26)29-7-8-30-18-6-4-14(20-12(2)24)10-16(18)22(27)28/h3-6,9-10H,7-8H2,1-2H3,(H,19,23)(H,20,24). The van der Waals surface area contributed by atoms with Gasteiger partial charge in [-0.3, -0.25) is 29.8 Å². The molecule has 2 amide bonds. The normalized spacial score (nSPS) is 10.1. The van der Waals surface area contributed by atoms with E-state index in [-0.39, 0.29) is 59.3 Å². The molecule has 0 aliphatic rings. The molecule has 0 saturated heterocycles. The van der Waals surface area contributed by atoms with Gasteiger partial charge in [-0.05, 0) is 24.3 Å². The van der Waals surface area contributed by atoms with Crippen LogP contribution in [-0.2, 0) is 9.59 Å². The number of hydrogen-bond donors (Lipinski definition) is 2. The number of carbonyl (C=O) groups is 2. The summed E-state index contributed by atoms with van der Waals surface area (Å²) in [4.78, 5) is 43.3. The van der Waals surface area contributed by atoms with Gasteiger partial charge < -0.3 is 20.1 Å². The van der Waals surface area contributed by atoms with Crippen molar-refractivity contribution in [3.8, 4) is 11.5 Å². The average molecular weight is 418 g/mol. The van der Waals surface area contributed by atoms with E-state index in [4.69, 9.17) is 9.47 Å². The molecule has 0 atom stereocenters. The summed E-state index contributed by atoms with van der Waals surface area (Å²) in [5.74, 6) is -0.851. The van der Waals surface area contributed by atoms with Crippen LogP contribution in [0.5, 0.6) is 11.5 Å². The van der Waals surface area contributed by atoms with Crippen LogP contribution < -0.4 is 20.1 Å². The molecule has 2 rings (SSSR count). The molecule has 0 heterocycles. The molecule has 12 nitrogen and oxygen atoms in total. The Morgan fingerprint density at radius 1 is 0.800 bits per heavy atom. The first-order chi connectivity index (χ1) is 14.2. The Morgan fingerprint density at radius 2 is 1.17 bits per heavy atom. The lowest BCUT2D eigenvalue weighted by atomic mass is 10.2. The summed E-state index contributed by atoms with van der Waals surface area (Å²) in [6, 6.07) is 7.85. The predicted molar refractivity (Wildman–Crippen MR) is 106 cm³/mol. The molecule has 0 bridgehead atoms. The SMILES string of the molecule is CC(=O)Nc1ccc(OCCOc2ccc(NC(C)=O)cc2[N+](=O)[O-])c([N+](=O)[O-])c1. The summed E-state index contributed by atoms with van der Waals surface area (Å²) in [5.41, 5.74) is -0.223. The molecule has 0 unspecified atom stereocenters. The lowest BCUT2D eigenvalue weighted by Crippen LogP contribution is -2.12. The van der Waals surface area contributed by atoms with Gasteiger partial charge >= 0.3 is 11.4 Å². The van der Waals surface area contributed by atoms with Crippen molar-refractivity contribution in [2.75, 3.05) is 23.8 Å². The fraction of sp³-hybridized carbons (Fsp3) is 0.222. The van der Waals surface area contributed by atoms with Gasteiger partial charge in [-0.2, -0.15) is 0 Å². The molecular weight excluding hydrogens is 400 g/mol. The van der Waals surface area contributed by atoms with Gasteiger partial charge in [0.1, 0.15) is 13.2 Å². The second-order valence-electron chi connectivity index (χ2n) is 5.94. The third-order valence-corrected chi connectivity index (χ3v) is 3.55. The molecule has 0 radical (unpaired) electrons. The Bertz CT molecular complexity index is 913. The van der Waals surface area contributed by atoms with Gasteiger partial charge in [-0.25, -0.2) is 0 Å². The van der Waals surface area contributed by atoms with Crippen molar-refractivity contribution < 1.29 is 28.9 Å². The van der Waals surface area contributed by atoms with Crippen LogP contribution in [0, 0.1) is 20.2 Å². The predicted octanol–water partition coefficient (Wildman–Crippen LogP) is 2.88. The highest BCUT2D eigenvalue weighted by molar-refractivity contribution is 5.89. The van der Waals surface area contributed by atoms with Crippen molar-refractivity contribution in [2.45, 2.75) is 13.8 Å². The summed E-state index contributed by atoms with van der Waals surface area (Å²) in [5, 5.41) is 27.3. The Kier molecular flexibility index (Phi) is 7.22. The molecule has 2 aromatic carbocycles. The van der Waals surface area contributed by atoms with Crippen molar-refractivity contribution >= 4 is 34.6 Å². The van der Waals surface area contributed by atoms with E-state index in [1.54, 1.807) is 0 Å².